The SMILES string of the molecule is CC(C)c1cccc2c1C(c1ccccc1)(c1ccccc1)c1ccccc1-2. The van der Waals surface area contributed by atoms with Gasteiger partial charge in [-0.2, -0.15) is 0 Å². The average Bonchev–Trinajstić information content (AvgIpc) is 3.06. The molecule has 0 radical (unpaired) electrons. The Morgan fingerprint density at radius 3 is 1.68 bits per heavy atom. The van der Waals surface area contributed by atoms with Crippen LogP contribution >= 0.6 is 0 Å². The third-order valence-electron chi connectivity index (χ3n) is 6.13. The first kappa shape index (κ1) is 17.0. The van der Waals surface area contributed by atoms with Gasteiger partial charge in [0.25, 0.3) is 0 Å². The van der Waals surface area contributed by atoms with Crippen molar-refractivity contribution in [3.05, 3.63) is 131 Å². The second-order valence-electron chi connectivity index (χ2n) is 7.95. The minimum absolute atomic E-state index is 0.282. The number of fused-ring (bicyclic) bond motifs is 3. The monoisotopic (exact) mass is 360 g/mol. The Balaban J connectivity index is 2.01. The van der Waals surface area contributed by atoms with Crippen molar-refractivity contribution >= 4 is 0 Å². The highest BCUT2D eigenvalue weighted by atomic mass is 14.5. The summed E-state index contributed by atoms with van der Waals surface area (Å²) in [5.74, 6) is 0.455. The topological polar surface area (TPSA) is 0 Å². The summed E-state index contributed by atoms with van der Waals surface area (Å²) >= 11 is 0. The van der Waals surface area contributed by atoms with Crippen LogP contribution < -0.4 is 0 Å². The van der Waals surface area contributed by atoms with E-state index in [-0.39, 0.29) is 5.41 Å². The van der Waals surface area contributed by atoms with Gasteiger partial charge in [-0.3, -0.25) is 0 Å². The van der Waals surface area contributed by atoms with Crippen molar-refractivity contribution in [2.45, 2.75) is 25.2 Å². The Bertz CT molecular complexity index is 1080. The zero-order valence-electron chi connectivity index (χ0n) is 16.4. The van der Waals surface area contributed by atoms with Gasteiger partial charge in [-0.05, 0) is 44.9 Å². The maximum Gasteiger partial charge on any atom is 0.0716 e. The van der Waals surface area contributed by atoms with Crippen LogP contribution in [0.5, 0.6) is 0 Å². The molecule has 0 saturated heterocycles. The number of rotatable bonds is 3. The van der Waals surface area contributed by atoms with Gasteiger partial charge in [0, 0.05) is 0 Å². The third-order valence-corrected chi connectivity index (χ3v) is 6.13. The summed E-state index contributed by atoms with van der Waals surface area (Å²) in [4.78, 5) is 0. The lowest BCUT2D eigenvalue weighted by molar-refractivity contribution is 0.733. The maximum absolute atomic E-state index is 2.32. The van der Waals surface area contributed by atoms with E-state index >= 15 is 0 Å². The van der Waals surface area contributed by atoms with E-state index in [1.54, 1.807) is 0 Å². The summed E-state index contributed by atoms with van der Waals surface area (Å²) < 4.78 is 0. The quantitative estimate of drug-likeness (QED) is 0.320. The number of hydrogen-bond donors (Lipinski definition) is 0. The molecular weight excluding hydrogens is 336 g/mol. The van der Waals surface area contributed by atoms with Crippen molar-refractivity contribution in [2.75, 3.05) is 0 Å². The molecule has 0 N–H and O–H groups in total. The van der Waals surface area contributed by atoms with E-state index in [1.807, 2.05) is 0 Å². The Morgan fingerprint density at radius 2 is 1.07 bits per heavy atom. The van der Waals surface area contributed by atoms with Gasteiger partial charge in [-0.25, -0.2) is 0 Å². The smallest absolute Gasteiger partial charge is 0.0622 e. The first-order valence-electron chi connectivity index (χ1n) is 10.1. The molecule has 0 spiro atoms. The molecule has 1 aliphatic rings. The number of hydrogen-bond acceptors (Lipinski definition) is 0. The Labute approximate surface area is 167 Å². The molecule has 5 rings (SSSR count). The first-order chi connectivity index (χ1) is 13.7. The van der Waals surface area contributed by atoms with Crippen LogP contribution in [0.1, 0.15) is 47.6 Å². The molecule has 0 nitrogen and oxygen atoms in total. The second-order valence-corrected chi connectivity index (χ2v) is 7.95. The van der Waals surface area contributed by atoms with Crippen LogP contribution in [0.4, 0.5) is 0 Å². The molecule has 0 aromatic heterocycles. The molecule has 0 heterocycles. The zero-order valence-corrected chi connectivity index (χ0v) is 16.4. The van der Waals surface area contributed by atoms with Gasteiger partial charge in [0.2, 0.25) is 0 Å². The first-order valence-corrected chi connectivity index (χ1v) is 10.1. The molecule has 0 bridgehead atoms. The van der Waals surface area contributed by atoms with Gasteiger partial charge in [-0.1, -0.05) is 117 Å². The van der Waals surface area contributed by atoms with Crippen LogP contribution in [0.3, 0.4) is 0 Å². The average molecular weight is 361 g/mol. The highest BCUT2D eigenvalue weighted by Crippen LogP contribution is 2.57. The summed E-state index contributed by atoms with van der Waals surface area (Å²) in [6.07, 6.45) is 0. The molecule has 0 amide bonds. The normalized spacial score (nSPS) is 14.0. The van der Waals surface area contributed by atoms with Gasteiger partial charge < -0.3 is 0 Å². The molecule has 28 heavy (non-hydrogen) atoms. The molecule has 4 aromatic rings. The zero-order chi connectivity index (χ0) is 19.1. The van der Waals surface area contributed by atoms with Crippen molar-refractivity contribution in [3.8, 4) is 11.1 Å². The van der Waals surface area contributed by atoms with Crippen LogP contribution in [0.15, 0.2) is 103 Å². The summed E-state index contributed by atoms with van der Waals surface area (Å²) in [6.45, 7) is 4.61. The van der Waals surface area contributed by atoms with Gasteiger partial charge in [0.1, 0.15) is 0 Å². The van der Waals surface area contributed by atoms with Crippen molar-refractivity contribution in [1.29, 1.82) is 0 Å². The Hall–Kier alpha value is -3.12. The van der Waals surface area contributed by atoms with E-state index in [0.717, 1.165) is 0 Å². The van der Waals surface area contributed by atoms with Gasteiger partial charge in [-0.15, -0.1) is 0 Å². The van der Waals surface area contributed by atoms with Gasteiger partial charge in [0.15, 0.2) is 0 Å². The molecule has 0 atom stereocenters. The van der Waals surface area contributed by atoms with Crippen molar-refractivity contribution < 1.29 is 0 Å². The largest absolute Gasteiger partial charge is 0.0716 e. The fraction of sp³-hybridized carbons (Fsp3) is 0.143. The highest BCUT2D eigenvalue weighted by Gasteiger charge is 2.47. The summed E-state index contributed by atoms with van der Waals surface area (Å²) in [5, 5.41) is 0. The number of benzene rings is 4. The van der Waals surface area contributed by atoms with Crippen LogP contribution in [0.2, 0.25) is 0 Å². The molecule has 0 fully saturated rings. The molecule has 136 valence electrons. The van der Waals surface area contributed by atoms with Crippen molar-refractivity contribution in [2.24, 2.45) is 0 Å². The molecular formula is C28H24. The van der Waals surface area contributed by atoms with E-state index in [2.05, 4.69) is 117 Å². The lowest BCUT2D eigenvalue weighted by atomic mass is 9.66. The molecule has 1 aliphatic carbocycles. The maximum atomic E-state index is 2.32. The van der Waals surface area contributed by atoms with E-state index in [9.17, 15) is 0 Å². The van der Waals surface area contributed by atoms with E-state index < -0.39 is 0 Å². The minimum atomic E-state index is -0.282. The standard InChI is InChI=1S/C28H24/c1-20(2)23-17-11-18-25-24-16-9-10-19-26(24)28(27(23)25,21-12-5-3-6-13-21)22-14-7-4-8-15-22/h3-20H,1-2H3. The summed E-state index contributed by atoms with van der Waals surface area (Å²) in [7, 11) is 0. The molecule has 4 aromatic carbocycles. The Morgan fingerprint density at radius 1 is 0.536 bits per heavy atom. The fourth-order valence-electron chi connectivity index (χ4n) is 5.02. The minimum Gasteiger partial charge on any atom is -0.0622 e. The molecule has 0 heteroatoms. The summed E-state index contributed by atoms with van der Waals surface area (Å²) in [6, 6.07) is 37.8. The predicted octanol–water partition coefficient (Wildman–Crippen LogP) is 7.17. The van der Waals surface area contributed by atoms with Gasteiger partial charge >= 0.3 is 0 Å². The van der Waals surface area contributed by atoms with Crippen LogP contribution in [-0.4, -0.2) is 0 Å². The second kappa shape index (κ2) is 6.49. The van der Waals surface area contributed by atoms with Crippen LogP contribution in [-0.2, 0) is 5.41 Å². The van der Waals surface area contributed by atoms with Crippen LogP contribution in [0, 0.1) is 0 Å². The van der Waals surface area contributed by atoms with E-state index in [4.69, 9.17) is 0 Å². The van der Waals surface area contributed by atoms with Crippen molar-refractivity contribution in [1.82, 2.24) is 0 Å². The lowest BCUT2D eigenvalue weighted by Gasteiger charge is -2.35. The summed E-state index contributed by atoms with van der Waals surface area (Å²) in [5.41, 5.74) is 9.37. The Kier molecular flexibility index (Phi) is 3.94. The van der Waals surface area contributed by atoms with E-state index in [1.165, 1.54) is 38.9 Å². The fourth-order valence-corrected chi connectivity index (χ4v) is 5.02. The van der Waals surface area contributed by atoms with Crippen molar-refractivity contribution in [3.63, 3.8) is 0 Å². The molecule has 0 unspecified atom stereocenters. The predicted molar refractivity (Wildman–Crippen MR) is 118 cm³/mol. The molecule has 0 saturated carbocycles. The van der Waals surface area contributed by atoms with Gasteiger partial charge in [0.05, 0.1) is 5.41 Å². The lowest BCUT2D eigenvalue weighted by Crippen LogP contribution is -2.30. The highest BCUT2D eigenvalue weighted by molar-refractivity contribution is 5.87. The van der Waals surface area contributed by atoms with E-state index in [0.29, 0.717) is 5.92 Å². The van der Waals surface area contributed by atoms with Crippen LogP contribution in [0.25, 0.3) is 11.1 Å². The molecule has 0 aliphatic heterocycles. The third kappa shape index (κ3) is 2.24.